The first-order valence-corrected chi connectivity index (χ1v) is 33.5. The molecule has 4 aliphatic rings. The third kappa shape index (κ3) is 11.4. The van der Waals surface area contributed by atoms with Gasteiger partial charge in [-0.2, -0.15) is 0 Å². The third-order valence-electron chi connectivity index (χ3n) is 8.36. The molecule has 1 aliphatic carbocycles. The highest BCUT2D eigenvalue weighted by Gasteiger charge is 2.45. The number of fused-ring (bicyclic) bond motifs is 1. The molecule has 8 unspecified atom stereocenters. The topological polar surface area (TPSA) is 86.4 Å². The van der Waals surface area contributed by atoms with Crippen molar-refractivity contribution in [2.45, 2.75) is 115 Å². The zero-order valence-corrected chi connectivity index (χ0v) is 36.0. The first-order chi connectivity index (χ1) is 19.8. The molecule has 9 nitrogen and oxygen atoms in total. The molecule has 0 aromatic heterocycles. The minimum atomic E-state index is -2.23. The molecule has 0 N–H and O–H groups in total. The second kappa shape index (κ2) is 15.9. The van der Waals surface area contributed by atoms with E-state index in [9.17, 15) is 0 Å². The fourth-order valence-electron chi connectivity index (χ4n) is 6.60. The third-order valence-corrected chi connectivity index (χ3v) is 36.5. The molecular weight excluding hydrogens is 669 g/mol. The van der Waals surface area contributed by atoms with Crippen molar-refractivity contribution < 1.29 is 37.7 Å². The van der Waals surface area contributed by atoms with E-state index in [4.69, 9.17) is 37.7 Å². The lowest BCUT2D eigenvalue weighted by Gasteiger charge is -2.38. The monoisotopic (exact) mass is 722 g/mol. The summed E-state index contributed by atoms with van der Waals surface area (Å²) in [6.45, 7) is 19.2. The normalized spacial score (nSPS) is 43.3. The summed E-state index contributed by atoms with van der Waals surface area (Å²) >= 11 is 0. The molecule has 240 valence electrons. The van der Waals surface area contributed by atoms with Gasteiger partial charge in [-0.25, -0.2) is 0 Å². The van der Waals surface area contributed by atoms with Gasteiger partial charge in [0.15, 0.2) is 0 Å². The molecule has 1 saturated carbocycles. The maximum atomic E-state index is 6.34. The Labute approximate surface area is 266 Å². The average molecular weight is 723 g/mol. The fraction of sp³-hybridized carbons (Fsp3) is 0.760. The molecular formula is C25H54O9Si8. The van der Waals surface area contributed by atoms with Crippen LogP contribution in [0.1, 0.15) is 44.1 Å². The number of hydrogen-bond donors (Lipinski definition) is 0. The Morgan fingerprint density at radius 3 is 1.69 bits per heavy atom. The summed E-state index contributed by atoms with van der Waals surface area (Å²) in [7, 11) is -13.8. The second-order valence-corrected chi connectivity index (χ2v) is 33.0. The van der Waals surface area contributed by atoms with Gasteiger partial charge in [0.05, 0.1) is 12.2 Å². The number of hydrogen-bond acceptors (Lipinski definition) is 9. The van der Waals surface area contributed by atoms with Gasteiger partial charge in [0.25, 0.3) is 55.7 Å². The lowest BCUT2D eigenvalue weighted by molar-refractivity contribution is 0.267. The van der Waals surface area contributed by atoms with E-state index in [1.54, 1.807) is 0 Å². The minimum Gasteiger partial charge on any atom is -0.420 e. The minimum absolute atomic E-state index is 0.430. The van der Waals surface area contributed by atoms with Crippen molar-refractivity contribution in [2.75, 3.05) is 0 Å². The molecule has 5 rings (SSSR count). The van der Waals surface area contributed by atoms with Gasteiger partial charge in [-0.1, -0.05) is 37.3 Å². The van der Waals surface area contributed by atoms with E-state index in [0.29, 0.717) is 18.1 Å². The van der Waals surface area contributed by atoms with Gasteiger partial charge in [-0.05, 0) is 108 Å². The van der Waals surface area contributed by atoms with E-state index in [2.05, 4.69) is 89.6 Å². The van der Waals surface area contributed by atoms with E-state index in [1.807, 2.05) is 0 Å². The van der Waals surface area contributed by atoms with Gasteiger partial charge in [0.2, 0.25) is 0 Å². The van der Waals surface area contributed by atoms with Crippen LogP contribution in [0.4, 0.5) is 0 Å². The Morgan fingerprint density at radius 1 is 0.690 bits per heavy atom. The predicted molar refractivity (Wildman–Crippen MR) is 185 cm³/mol. The molecule has 3 aliphatic heterocycles. The van der Waals surface area contributed by atoms with Crippen molar-refractivity contribution >= 4 is 72.8 Å². The molecule has 1 aromatic carbocycles. The van der Waals surface area contributed by atoms with Crippen LogP contribution in [0.15, 0.2) is 30.3 Å². The molecule has 8 atom stereocenters. The Hall–Kier alpha value is 0.595. The quantitative estimate of drug-likeness (QED) is 0.318. The van der Waals surface area contributed by atoms with Crippen LogP contribution in [0, 0.1) is 5.92 Å². The molecule has 4 fully saturated rings. The Balaban J connectivity index is 0.000000193. The van der Waals surface area contributed by atoms with Crippen molar-refractivity contribution in [2.24, 2.45) is 5.92 Å². The molecule has 1 aromatic rings. The molecule has 0 radical (unpaired) electrons. The van der Waals surface area contributed by atoms with Gasteiger partial charge in [-0.15, -0.1) is 0 Å². The van der Waals surface area contributed by atoms with Crippen molar-refractivity contribution in [1.82, 2.24) is 0 Å². The predicted octanol–water partition coefficient (Wildman–Crippen LogP) is 4.14. The number of benzene rings is 1. The van der Waals surface area contributed by atoms with Gasteiger partial charge >= 0.3 is 17.1 Å². The van der Waals surface area contributed by atoms with E-state index < -0.39 is 72.8 Å². The molecule has 0 spiro atoms. The SMILES string of the molecule is CC(C[Si]1(C)O[SiH](C)O[SiH](C)O[SiH](C)O1)c1ccccc1.C[SiH]1O[SiH](C)O[Si](C)(CCC2CCC3OC3C2)O[SiH](C)O1. The van der Waals surface area contributed by atoms with E-state index in [-0.39, 0.29) is 0 Å². The Morgan fingerprint density at radius 2 is 1.19 bits per heavy atom. The number of epoxide rings is 1. The molecule has 3 saturated heterocycles. The molecule has 0 amide bonds. The lowest BCUT2D eigenvalue weighted by atomic mass is 9.88. The largest absolute Gasteiger partial charge is 0.420 e. The van der Waals surface area contributed by atoms with Crippen molar-refractivity contribution in [3.63, 3.8) is 0 Å². The first-order valence-electron chi connectivity index (χ1n) is 15.8. The summed E-state index contributed by atoms with van der Waals surface area (Å²) in [6.07, 6.45) is 6.17. The van der Waals surface area contributed by atoms with E-state index in [1.165, 1.54) is 31.2 Å². The van der Waals surface area contributed by atoms with Gasteiger partial charge in [0, 0.05) is 0 Å². The average Bonchev–Trinajstić information content (AvgIpc) is 3.65. The molecule has 17 heteroatoms. The lowest BCUT2D eigenvalue weighted by Crippen LogP contribution is -2.53. The van der Waals surface area contributed by atoms with Crippen LogP contribution in [0.2, 0.25) is 64.5 Å². The number of rotatable bonds is 6. The highest BCUT2D eigenvalue weighted by molar-refractivity contribution is 6.82. The summed E-state index contributed by atoms with van der Waals surface area (Å²) in [5.41, 5.74) is 1.34. The second-order valence-electron chi connectivity index (χ2n) is 12.6. The molecule has 42 heavy (non-hydrogen) atoms. The zero-order valence-electron chi connectivity index (χ0n) is 27.1. The van der Waals surface area contributed by atoms with Crippen molar-refractivity contribution in [3.8, 4) is 0 Å². The van der Waals surface area contributed by atoms with Crippen LogP contribution >= 0.6 is 0 Å². The van der Waals surface area contributed by atoms with E-state index in [0.717, 1.165) is 18.0 Å². The summed E-state index contributed by atoms with van der Waals surface area (Å²) < 4.78 is 54.9. The summed E-state index contributed by atoms with van der Waals surface area (Å²) in [5.74, 6) is 1.22. The van der Waals surface area contributed by atoms with Gasteiger partial charge < -0.3 is 37.7 Å². The number of ether oxygens (including phenoxy) is 1. The van der Waals surface area contributed by atoms with Gasteiger partial charge in [-0.3, -0.25) is 0 Å². The van der Waals surface area contributed by atoms with Crippen LogP contribution < -0.4 is 0 Å². The van der Waals surface area contributed by atoms with Gasteiger partial charge in [0.1, 0.15) is 0 Å². The summed E-state index contributed by atoms with van der Waals surface area (Å²) in [4.78, 5) is 0. The maximum Gasteiger partial charge on any atom is 0.317 e. The standard InChI is InChI=1S/C13H26O4Si4.C12H28O5Si4/c1-12(13-9-7-6-8-10-13)11-21(5)16-19(3)14-18(2)15-20(4)17-21;1-18-14-19(2)16-21(4,17-20(3)15-18)8-7-10-5-6-11-12(9-10)13-11/h6-10,12,18-20H,11H2,1-5H3;10-12,18-20H,5-9H2,1-4H3. The van der Waals surface area contributed by atoms with Crippen LogP contribution in [0.5, 0.6) is 0 Å². The summed E-state index contributed by atoms with van der Waals surface area (Å²) in [5, 5.41) is 0. The highest BCUT2D eigenvalue weighted by atomic mass is 28.5. The van der Waals surface area contributed by atoms with Crippen LogP contribution in [-0.2, 0) is 37.7 Å². The molecule has 3 heterocycles. The van der Waals surface area contributed by atoms with Crippen LogP contribution in [0.3, 0.4) is 0 Å². The summed E-state index contributed by atoms with van der Waals surface area (Å²) in [6, 6.07) is 12.6. The van der Waals surface area contributed by atoms with E-state index >= 15 is 0 Å². The maximum absolute atomic E-state index is 6.34. The Bertz CT molecular complexity index is 943. The van der Waals surface area contributed by atoms with Crippen molar-refractivity contribution in [1.29, 1.82) is 0 Å². The fourth-order valence-corrected chi connectivity index (χ4v) is 36.5. The zero-order chi connectivity index (χ0) is 30.5. The van der Waals surface area contributed by atoms with Crippen LogP contribution in [-0.4, -0.2) is 85.0 Å². The van der Waals surface area contributed by atoms with Crippen molar-refractivity contribution in [3.05, 3.63) is 35.9 Å². The first kappa shape index (κ1) is 35.4. The smallest absolute Gasteiger partial charge is 0.317 e. The Kier molecular flexibility index (Phi) is 13.4. The molecule has 0 bridgehead atoms. The van der Waals surface area contributed by atoms with Crippen LogP contribution in [0.25, 0.3) is 0 Å². The highest BCUT2D eigenvalue weighted by Crippen LogP contribution is 2.42.